The number of hydrogen-bond donors (Lipinski definition) is 2. The van der Waals surface area contributed by atoms with Gasteiger partial charge in [0.25, 0.3) is 0 Å². The molecule has 21 heavy (non-hydrogen) atoms. The summed E-state index contributed by atoms with van der Waals surface area (Å²) in [4.78, 5) is 0. The molecule has 1 atom stereocenters. The Morgan fingerprint density at radius 3 is 2.33 bits per heavy atom. The summed E-state index contributed by atoms with van der Waals surface area (Å²) in [6.45, 7) is -0.978. The van der Waals surface area contributed by atoms with Gasteiger partial charge in [0.05, 0.1) is 12.6 Å². The smallest absolute Gasteiger partial charge is 0.387 e. The summed E-state index contributed by atoms with van der Waals surface area (Å²) >= 11 is 0. The third-order valence-corrected chi connectivity index (χ3v) is 3.17. The molecule has 2 N–H and O–H groups in total. The summed E-state index contributed by atoms with van der Waals surface area (Å²) in [5.41, 5.74) is 2.78. The zero-order valence-electron chi connectivity index (χ0n) is 11.6. The second-order valence-electron chi connectivity index (χ2n) is 4.64. The third-order valence-electron chi connectivity index (χ3n) is 3.17. The molecule has 0 aromatic heterocycles. The maximum absolute atomic E-state index is 12.1. The van der Waals surface area contributed by atoms with Gasteiger partial charge in [-0.05, 0) is 36.2 Å². The number of para-hydroxylation sites is 1. The van der Waals surface area contributed by atoms with Crippen LogP contribution >= 0.6 is 0 Å². The fourth-order valence-electron chi connectivity index (χ4n) is 2.04. The summed E-state index contributed by atoms with van der Waals surface area (Å²) in [7, 11) is 0. The molecule has 0 fully saturated rings. The van der Waals surface area contributed by atoms with Crippen LogP contribution in [0.15, 0.2) is 48.5 Å². The number of hydrogen-bond acceptors (Lipinski definition) is 3. The molecule has 3 nitrogen and oxygen atoms in total. The number of nitrogens with one attached hydrogen (secondary N) is 1. The Bertz CT molecular complexity index is 573. The number of alkyl halides is 2. The monoisotopic (exact) mass is 293 g/mol. The second kappa shape index (κ2) is 7.04. The highest BCUT2D eigenvalue weighted by Gasteiger charge is 2.12. The predicted molar refractivity (Wildman–Crippen MR) is 77.7 cm³/mol. The van der Waals surface area contributed by atoms with Crippen LogP contribution in [-0.4, -0.2) is 18.3 Å². The van der Waals surface area contributed by atoms with Gasteiger partial charge in [-0.3, -0.25) is 0 Å². The first kappa shape index (κ1) is 15.3. The van der Waals surface area contributed by atoms with Crippen LogP contribution in [-0.2, 0) is 0 Å². The van der Waals surface area contributed by atoms with Gasteiger partial charge in [0.2, 0.25) is 0 Å². The van der Waals surface area contributed by atoms with Crippen LogP contribution in [0.25, 0.3) is 0 Å². The number of halogens is 2. The van der Waals surface area contributed by atoms with E-state index in [-0.39, 0.29) is 18.4 Å². The number of ether oxygens (including phenoxy) is 1. The van der Waals surface area contributed by atoms with E-state index in [1.807, 2.05) is 31.2 Å². The molecule has 1 unspecified atom stereocenters. The Kier molecular flexibility index (Phi) is 5.11. The van der Waals surface area contributed by atoms with Crippen LogP contribution in [0, 0.1) is 6.92 Å². The number of rotatable bonds is 6. The van der Waals surface area contributed by atoms with Crippen LogP contribution in [0.3, 0.4) is 0 Å². The molecule has 2 rings (SSSR count). The Hall–Kier alpha value is -2.14. The molecule has 0 saturated heterocycles. The highest BCUT2D eigenvalue weighted by molar-refractivity contribution is 5.52. The van der Waals surface area contributed by atoms with Crippen LogP contribution < -0.4 is 10.1 Å². The lowest BCUT2D eigenvalue weighted by Gasteiger charge is -2.19. The van der Waals surface area contributed by atoms with E-state index >= 15 is 0 Å². The lowest BCUT2D eigenvalue weighted by Crippen LogP contribution is -2.15. The topological polar surface area (TPSA) is 41.5 Å². The average molecular weight is 293 g/mol. The highest BCUT2D eigenvalue weighted by atomic mass is 19.3. The van der Waals surface area contributed by atoms with Gasteiger partial charge in [0, 0.05) is 5.69 Å². The van der Waals surface area contributed by atoms with Crippen molar-refractivity contribution in [1.29, 1.82) is 0 Å². The van der Waals surface area contributed by atoms with E-state index in [1.54, 1.807) is 12.1 Å². The van der Waals surface area contributed by atoms with E-state index in [9.17, 15) is 13.9 Å². The summed E-state index contributed by atoms with van der Waals surface area (Å²) < 4.78 is 28.5. The van der Waals surface area contributed by atoms with Crippen LogP contribution in [0.1, 0.15) is 17.2 Å². The van der Waals surface area contributed by atoms with Crippen molar-refractivity contribution in [1.82, 2.24) is 0 Å². The zero-order chi connectivity index (χ0) is 15.2. The number of anilines is 1. The summed E-state index contributed by atoms with van der Waals surface area (Å²) in [6, 6.07) is 13.7. The van der Waals surface area contributed by atoms with Crippen molar-refractivity contribution >= 4 is 5.69 Å². The molecule has 0 aliphatic heterocycles. The second-order valence-corrected chi connectivity index (χ2v) is 4.64. The molecular formula is C16H17F2NO2. The quantitative estimate of drug-likeness (QED) is 0.852. The van der Waals surface area contributed by atoms with E-state index in [2.05, 4.69) is 10.1 Å². The fourth-order valence-corrected chi connectivity index (χ4v) is 2.04. The third kappa shape index (κ3) is 4.16. The van der Waals surface area contributed by atoms with Gasteiger partial charge < -0.3 is 15.2 Å². The van der Waals surface area contributed by atoms with Crippen LogP contribution in [0.4, 0.5) is 14.5 Å². The van der Waals surface area contributed by atoms with E-state index in [4.69, 9.17) is 0 Å². The number of benzene rings is 2. The Labute approximate surface area is 122 Å². The molecule has 0 aliphatic rings. The summed E-state index contributed by atoms with van der Waals surface area (Å²) in [5.74, 6) is 0.0985. The normalized spacial score (nSPS) is 12.2. The standard InChI is InChI=1S/C16H17F2NO2/c1-11-4-2-3-5-14(11)19-15(10-20)12-6-8-13(9-7-12)21-16(17)18/h2-9,15-16,19-20H,10H2,1H3. The van der Waals surface area contributed by atoms with Gasteiger partial charge in [0.1, 0.15) is 5.75 Å². The molecule has 0 aliphatic carbocycles. The van der Waals surface area contributed by atoms with E-state index in [0.717, 1.165) is 16.8 Å². The molecular weight excluding hydrogens is 276 g/mol. The SMILES string of the molecule is Cc1ccccc1NC(CO)c1ccc(OC(F)F)cc1. The van der Waals surface area contributed by atoms with Crippen LogP contribution in [0.5, 0.6) is 5.75 Å². The predicted octanol–water partition coefficient (Wildman–Crippen LogP) is 3.74. The van der Waals surface area contributed by atoms with Gasteiger partial charge in [-0.2, -0.15) is 8.78 Å². The van der Waals surface area contributed by atoms with Crippen molar-refractivity contribution in [2.24, 2.45) is 0 Å². The molecule has 112 valence electrons. The maximum atomic E-state index is 12.1. The van der Waals surface area contributed by atoms with Gasteiger partial charge >= 0.3 is 6.61 Å². The van der Waals surface area contributed by atoms with E-state index in [0.29, 0.717) is 0 Å². The van der Waals surface area contributed by atoms with Crippen molar-refractivity contribution in [2.75, 3.05) is 11.9 Å². The number of aliphatic hydroxyl groups excluding tert-OH is 1. The molecule has 0 bridgehead atoms. The summed E-state index contributed by atoms with van der Waals surface area (Å²) in [5, 5.41) is 12.8. The minimum absolute atomic E-state index is 0.0985. The molecule has 0 radical (unpaired) electrons. The van der Waals surface area contributed by atoms with Crippen molar-refractivity contribution in [2.45, 2.75) is 19.6 Å². The van der Waals surface area contributed by atoms with Crippen molar-refractivity contribution in [3.63, 3.8) is 0 Å². The Morgan fingerprint density at radius 1 is 1.10 bits per heavy atom. The highest BCUT2D eigenvalue weighted by Crippen LogP contribution is 2.24. The number of aliphatic hydroxyl groups is 1. The van der Waals surface area contributed by atoms with Crippen molar-refractivity contribution in [3.05, 3.63) is 59.7 Å². The maximum Gasteiger partial charge on any atom is 0.387 e. The van der Waals surface area contributed by atoms with Gasteiger partial charge in [0.15, 0.2) is 0 Å². The van der Waals surface area contributed by atoms with E-state index in [1.165, 1.54) is 12.1 Å². The Morgan fingerprint density at radius 2 is 1.76 bits per heavy atom. The van der Waals surface area contributed by atoms with Crippen molar-refractivity contribution in [3.8, 4) is 5.75 Å². The minimum Gasteiger partial charge on any atom is -0.435 e. The summed E-state index contributed by atoms with van der Waals surface area (Å²) in [6.07, 6.45) is 0. The number of aryl methyl sites for hydroxylation is 1. The first-order valence-corrected chi connectivity index (χ1v) is 6.58. The van der Waals surface area contributed by atoms with Crippen molar-refractivity contribution < 1.29 is 18.6 Å². The lowest BCUT2D eigenvalue weighted by atomic mass is 10.1. The lowest BCUT2D eigenvalue weighted by molar-refractivity contribution is -0.0498. The molecule has 0 heterocycles. The minimum atomic E-state index is -2.84. The van der Waals surface area contributed by atoms with Gasteiger partial charge in [-0.15, -0.1) is 0 Å². The first-order chi connectivity index (χ1) is 10.1. The van der Waals surface area contributed by atoms with Crippen LogP contribution in [0.2, 0.25) is 0 Å². The van der Waals surface area contributed by atoms with E-state index < -0.39 is 6.61 Å². The molecule has 0 saturated carbocycles. The molecule has 0 amide bonds. The molecule has 5 heteroatoms. The van der Waals surface area contributed by atoms with Gasteiger partial charge in [-0.1, -0.05) is 30.3 Å². The molecule has 0 spiro atoms. The molecule has 2 aromatic rings. The zero-order valence-corrected chi connectivity index (χ0v) is 11.6. The Balaban J connectivity index is 2.12. The average Bonchev–Trinajstić information content (AvgIpc) is 2.47. The largest absolute Gasteiger partial charge is 0.435 e. The van der Waals surface area contributed by atoms with Gasteiger partial charge in [-0.25, -0.2) is 0 Å². The molecule has 2 aromatic carbocycles. The first-order valence-electron chi connectivity index (χ1n) is 6.58. The fraction of sp³-hybridized carbons (Fsp3) is 0.250.